The molecule has 4 aliphatic carbocycles. The highest BCUT2D eigenvalue weighted by atomic mass is 32.1. The summed E-state index contributed by atoms with van der Waals surface area (Å²) >= 11 is 5.43. The molecule has 0 saturated heterocycles. The van der Waals surface area contributed by atoms with Crippen LogP contribution in [0, 0.1) is 28.6 Å². The average molecular weight is 480 g/mol. The number of rotatable bonds is 3. The molecule has 4 aliphatic rings. The van der Waals surface area contributed by atoms with E-state index in [2.05, 4.69) is 35.8 Å². The van der Waals surface area contributed by atoms with Gasteiger partial charge in [0.05, 0.1) is 5.71 Å². The summed E-state index contributed by atoms with van der Waals surface area (Å²) in [7, 11) is 0. The van der Waals surface area contributed by atoms with Crippen molar-refractivity contribution in [2.24, 2.45) is 33.7 Å². The Balaban J connectivity index is 1.27. The number of nitrogens with zero attached hydrogens (tertiary/aromatic N) is 1. The summed E-state index contributed by atoms with van der Waals surface area (Å²) in [5.41, 5.74) is 7.07. The van der Waals surface area contributed by atoms with Gasteiger partial charge in [-0.15, -0.1) is 0 Å². The summed E-state index contributed by atoms with van der Waals surface area (Å²) in [5.74, 6) is 2.01. The largest absolute Gasteiger partial charge is 0.462 e. The van der Waals surface area contributed by atoms with Gasteiger partial charge in [-0.2, -0.15) is 5.10 Å². The number of carbonyl (C=O) groups is 1. The van der Waals surface area contributed by atoms with Crippen molar-refractivity contribution in [3.8, 4) is 0 Å². The van der Waals surface area contributed by atoms with Gasteiger partial charge in [0.2, 0.25) is 0 Å². The third kappa shape index (κ3) is 4.19. The van der Waals surface area contributed by atoms with E-state index >= 15 is 0 Å². The molecule has 182 valence electrons. The van der Waals surface area contributed by atoms with Crippen LogP contribution in [0.25, 0.3) is 0 Å². The number of hydrogen-bond donors (Lipinski definition) is 2. The number of carbonyl (C=O) groups excluding carboxylic acids is 1. The molecule has 2 N–H and O–H groups in total. The van der Waals surface area contributed by atoms with Crippen LogP contribution in [0.4, 0.5) is 5.69 Å². The van der Waals surface area contributed by atoms with Crippen LogP contribution in [-0.2, 0) is 9.53 Å². The van der Waals surface area contributed by atoms with Gasteiger partial charge in [0.15, 0.2) is 5.11 Å². The van der Waals surface area contributed by atoms with Crippen LogP contribution in [0.2, 0.25) is 0 Å². The van der Waals surface area contributed by atoms with E-state index in [0.29, 0.717) is 11.0 Å². The predicted octanol–water partition coefficient (Wildman–Crippen LogP) is 6.22. The molecule has 3 saturated carbocycles. The number of esters is 1. The summed E-state index contributed by atoms with van der Waals surface area (Å²) in [6.07, 6.45) is 11.6. The Bertz CT molecular complexity index is 1020. The van der Waals surface area contributed by atoms with E-state index in [-0.39, 0.29) is 22.9 Å². The number of para-hydroxylation sites is 1. The topological polar surface area (TPSA) is 62.7 Å². The lowest BCUT2D eigenvalue weighted by molar-refractivity contribution is -0.157. The molecule has 0 bridgehead atoms. The second-order valence-corrected chi connectivity index (χ2v) is 11.7. The second-order valence-electron chi connectivity index (χ2n) is 11.3. The van der Waals surface area contributed by atoms with Crippen molar-refractivity contribution >= 4 is 34.7 Å². The van der Waals surface area contributed by atoms with E-state index in [1.807, 2.05) is 30.3 Å². The fourth-order valence-electron chi connectivity index (χ4n) is 7.81. The first kappa shape index (κ1) is 23.5. The number of fused-ring (bicyclic) bond motifs is 5. The van der Waals surface area contributed by atoms with E-state index in [4.69, 9.17) is 17.0 Å². The third-order valence-corrected chi connectivity index (χ3v) is 9.72. The minimum atomic E-state index is -0.124. The zero-order chi connectivity index (χ0) is 23.9. The van der Waals surface area contributed by atoms with Crippen molar-refractivity contribution in [3.63, 3.8) is 0 Å². The molecule has 5 rings (SSSR count). The van der Waals surface area contributed by atoms with Crippen molar-refractivity contribution in [1.29, 1.82) is 0 Å². The average Bonchev–Trinajstić information content (AvgIpc) is 3.14. The Morgan fingerprint density at radius 3 is 2.62 bits per heavy atom. The van der Waals surface area contributed by atoms with Crippen molar-refractivity contribution in [1.82, 2.24) is 5.43 Å². The summed E-state index contributed by atoms with van der Waals surface area (Å²) in [6.45, 7) is 6.45. The summed E-state index contributed by atoms with van der Waals surface area (Å²) in [6, 6.07) is 9.92. The van der Waals surface area contributed by atoms with Gasteiger partial charge < -0.3 is 10.1 Å². The number of benzene rings is 1. The molecular formula is C28H37N3O2S. The molecule has 3 fully saturated rings. The summed E-state index contributed by atoms with van der Waals surface area (Å²) in [4.78, 5) is 11.7. The fraction of sp³-hybridized carbons (Fsp3) is 0.607. The summed E-state index contributed by atoms with van der Waals surface area (Å²) < 4.78 is 5.80. The Labute approximate surface area is 208 Å². The van der Waals surface area contributed by atoms with Crippen molar-refractivity contribution in [3.05, 3.63) is 42.0 Å². The van der Waals surface area contributed by atoms with Crippen LogP contribution in [0.1, 0.15) is 72.1 Å². The lowest BCUT2D eigenvalue weighted by Crippen LogP contribution is -2.51. The Hall–Kier alpha value is -2.21. The molecule has 5 nitrogen and oxygen atoms in total. The van der Waals surface area contributed by atoms with E-state index in [9.17, 15) is 4.79 Å². The molecule has 34 heavy (non-hydrogen) atoms. The molecule has 6 atom stereocenters. The van der Waals surface area contributed by atoms with Crippen LogP contribution in [0.5, 0.6) is 0 Å². The van der Waals surface area contributed by atoms with Crippen LogP contribution in [0.3, 0.4) is 0 Å². The van der Waals surface area contributed by atoms with Gasteiger partial charge in [-0.05, 0) is 105 Å². The van der Waals surface area contributed by atoms with Crippen LogP contribution in [-0.4, -0.2) is 22.9 Å². The lowest BCUT2D eigenvalue weighted by Gasteiger charge is -2.58. The molecule has 1 aromatic rings. The Morgan fingerprint density at radius 1 is 1.06 bits per heavy atom. The molecule has 0 spiro atoms. The maximum atomic E-state index is 11.7. The zero-order valence-corrected chi connectivity index (χ0v) is 21.4. The van der Waals surface area contributed by atoms with Gasteiger partial charge in [0, 0.05) is 18.0 Å². The van der Waals surface area contributed by atoms with Gasteiger partial charge in [0.1, 0.15) is 6.10 Å². The quantitative estimate of drug-likeness (QED) is 0.306. The standard InChI is InChI=1S/C28H37N3O2S/c1-18(32)33-25-12-11-23-22-10-9-19-17-21(30-31-26(34)29-20-7-5-4-6-8-20)13-15-27(19,2)24(22)14-16-28(23,25)3/h4-8,17,22-25H,9-16H2,1-3H3,(H2,29,31,34)/b30-21+. The van der Waals surface area contributed by atoms with Crippen molar-refractivity contribution in [2.45, 2.75) is 78.2 Å². The first-order chi connectivity index (χ1) is 16.3. The number of allylic oxidation sites excluding steroid dienone is 2. The smallest absolute Gasteiger partial charge is 0.302 e. The minimum Gasteiger partial charge on any atom is -0.462 e. The molecule has 0 amide bonds. The lowest BCUT2D eigenvalue weighted by atomic mass is 9.47. The highest BCUT2D eigenvalue weighted by Gasteiger charge is 2.59. The first-order valence-corrected chi connectivity index (χ1v) is 13.3. The molecule has 6 unspecified atom stereocenters. The van der Waals surface area contributed by atoms with Gasteiger partial charge >= 0.3 is 5.97 Å². The Morgan fingerprint density at radius 2 is 1.85 bits per heavy atom. The monoisotopic (exact) mass is 479 g/mol. The molecule has 0 aliphatic heterocycles. The molecular weight excluding hydrogens is 442 g/mol. The maximum Gasteiger partial charge on any atom is 0.302 e. The Kier molecular flexibility index (Phi) is 6.30. The molecule has 1 aromatic carbocycles. The third-order valence-electron chi connectivity index (χ3n) is 9.53. The van der Waals surface area contributed by atoms with E-state index in [1.165, 1.54) is 25.7 Å². The number of nitrogens with one attached hydrogen (secondary N) is 2. The van der Waals surface area contributed by atoms with Crippen LogP contribution < -0.4 is 10.7 Å². The predicted molar refractivity (Wildman–Crippen MR) is 140 cm³/mol. The number of anilines is 1. The highest BCUT2D eigenvalue weighted by Crippen LogP contribution is 2.65. The molecule has 0 radical (unpaired) electrons. The molecule has 6 heteroatoms. The number of thiocarbonyl (C=S) groups is 1. The first-order valence-electron chi connectivity index (χ1n) is 12.9. The normalized spacial score (nSPS) is 37.6. The van der Waals surface area contributed by atoms with Crippen LogP contribution >= 0.6 is 12.2 Å². The van der Waals surface area contributed by atoms with Gasteiger partial charge in [-0.3, -0.25) is 10.2 Å². The minimum absolute atomic E-state index is 0.102. The number of ether oxygens (including phenoxy) is 1. The van der Waals surface area contributed by atoms with E-state index in [0.717, 1.165) is 48.9 Å². The zero-order valence-electron chi connectivity index (χ0n) is 20.6. The number of hydrazone groups is 1. The van der Waals surface area contributed by atoms with Crippen LogP contribution in [0.15, 0.2) is 47.1 Å². The van der Waals surface area contributed by atoms with Crippen molar-refractivity contribution in [2.75, 3.05) is 5.32 Å². The molecule has 0 heterocycles. The fourth-order valence-corrected chi connectivity index (χ4v) is 7.97. The van der Waals surface area contributed by atoms with E-state index in [1.54, 1.807) is 12.5 Å². The van der Waals surface area contributed by atoms with Gasteiger partial charge in [0.25, 0.3) is 0 Å². The SMILES string of the molecule is CC(=O)OC1CCC2C3CCC4=C/C(=N/NC(=S)Nc5ccccc5)CCC4(C)C3CCC12C. The number of hydrogen-bond acceptors (Lipinski definition) is 4. The van der Waals surface area contributed by atoms with E-state index < -0.39 is 0 Å². The van der Waals surface area contributed by atoms with Gasteiger partial charge in [-0.1, -0.05) is 37.6 Å². The summed E-state index contributed by atoms with van der Waals surface area (Å²) in [5, 5.41) is 8.35. The second kappa shape index (κ2) is 9.10. The van der Waals surface area contributed by atoms with Gasteiger partial charge in [-0.25, -0.2) is 0 Å². The van der Waals surface area contributed by atoms with Crippen molar-refractivity contribution < 1.29 is 9.53 Å². The molecule has 0 aromatic heterocycles. The highest BCUT2D eigenvalue weighted by molar-refractivity contribution is 7.80. The maximum absolute atomic E-state index is 11.7.